The van der Waals surface area contributed by atoms with Crippen LogP contribution >= 0.6 is 0 Å². The molecule has 2 nitrogen and oxygen atoms in total. The molecule has 0 aromatic heterocycles. The lowest BCUT2D eigenvalue weighted by atomic mass is 9.87. The number of benzene rings is 1. The van der Waals surface area contributed by atoms with Crippen LogP contribution in [0.5, 0.6) is 0 Å². The molecule has 2 atom stereocenters. The summed E-state index contributed by atoms with van der Waals surface area (Å²) in [5.74, 6) is -0.0919. The number of rotatable bonds is 2. The van der Waals surface area contributed by atoms with Gasteiger partial charge in [0, 0.05) is 6.04 Å². The molecule has 2 rings (SSSR count). The Balaban J connectivity index is 1.99. The Labute approximate surface area is 101 Å². The summed E-state index contributed by atoms with van der Waals surface area (Å²) in [6, 6.07) is 6.32. The molecule has 1 aromatic carbocycles. The zero-order chi connectivity index (χ0) is 12.3. The van der Waals surface area contributed by atoms with E-state index in [-0.39, 0.29) is 17.5 Å². The molecule has 0 aliphatic heterocycles. The Hall–Kier alpha value is -1.38. The van der Waals surface area contributed by atoms with Gasteiger partial charge in [0.1, 0.15) is 5.82 Å². The van der Waals surface area contributed by atoms with Crippen molar-refractivity contribution < 1.29 is 9.18 Å². The minimum absolute atomic E-state index is 0.144. The van der Waals surface area contributed by atoms with Gasteiger partial charge in [-0.05, 0) is 30.9 Å². The molecule has 1 N–H and O–H groups in total. The van der Waals surface area contributed by atoms with Gasteiger partial charge in [0.2, 0.25) is 0 Å². The molecule has 1 aliphatic rings. The van der Waals surface area contributed by atoms with Gasteiger partial charge in [-0.3, -0.25) is 4.79 Å². The van der Waals surface area contributed by atoms with Crippen LogP contribution in [0, 0.1) is 11.7 Å². The SMILES string of the molecule is C[C@H]1CCC[C@@H](NC(=O)c2ccccc2F)C1. The second kappa shape index (κ2) is 5.30. The summed E-state index contributed by atoms with van der Waals surface area (Å²) in [5.41, 5.74) is 0.144. The Morgan fingerprint density at radius 3 is 2.82 bits per heavy atom. The first-order valence-electron chi connectivity index (χ1n) is 6.22. The predicted octanol–water partition coefficient (Wildman–Crippen LogP) is 3.13. The molecule has 1 saturated carbocycles. The van der Waals surface area contributed by atoms with E-state index in [0.29, 0.717) is 5.92 Å². The van der Waals surface area contributed by atoms with Crippen molar-refractivity contribution in [2.24, 2.45) is 5.92 Å². The Kier molecular flexibility index (Phi) is 3.77. The third kappa shape index (κ3) is 3.05. The van der Waals surface area contributed by atoms with Crippen molar-refractivity contribution in [2.75, 3.05) is 0 Å². The molecule has 0 spiro atoms. The molecule has 1 fully saturated rings. The van der Waals surface area contributed by atoms with Crippen LogP contribution in [-0.4, -0.2) is 11.9 Å². The molecule has 1 amide bonds. The highest BCUT2D eigenvalue weighted by atomic mass is 19.1. The fraction of sp³-hybridized carbons (Fsp3) is 0.500. The molecule has 0 unspecified atom stereocenters. The summed E-state index contributed by atoms with van der Waals surface area (Å²) in [4.78, 5) is 11.9. The lowest BCUT2D eigenvalue weighted by Crippen LogP contribution is -2.38. The number of amides is 1. The van der Waals surface area contributed by atoms with Crippen LogP contribution in [-0.2, 0) is 0 Å². The maximum Gasteiger partial charge on any atom is 0.254 e. The van der Waals surface area contributed by atoms with E-state index in [1.54, 1.807) is 12.1 Å². The smallest absolute Gasteiger partial charge is 0.254 e. The van der Waals surface area contributed by atoms with Gasteiger partial charge in [0.15, 0.2) is 0 Å². The van der Waals surface area contributed by atoms with Crippen molar-refractivity contribution in [1.82, 2.24) is 5.32 Å². The summed E-state index contributed by atoms with van der Waals surface area (Å²) >= 11 is 0. The van der Waals surface area contributed by atoms with Crippen LogP contribution in [0.2, 0.25) is 0 Å². The van der Waals surface area contributed by atoms with Gasteiger partial charge in [-0.2, -0.15) is 0 Å². The largest absolute Gasteiger partial charge is 0.349 e. The van der Waals surface area contributed by atoms with Gasteiger partial charge in [-0.15, -0.1) is 0 Å². The van der Waals surface area contributed by atoms with Crippen LogP contribution < -0.4 is 5.32 Å². The highest BCUT2D eigenvalue weighted by Crippen LogP contribution is 2.23. The van der Waals surface area contributed by atoms with E-state index in [9.17, 15) is 9.18 Å². The number of halogens is 1. The maximum absolute atomic E-state index is 13.4. The van der Waals surface area contributed by atoms with Crippen LogP contribution in [0.1, 0.15) is 43.0 Å². The number of hydrogen-bond acceptors (Lipinski definition) is 1. The predicted molar refractivity (Wildman–Crippen MR) is 65.3 cm³/mol. The summed E-state index contributed by atoms with van der Waals surface area (Å²) in [5, 5.41) is 2.93. The van der Waals surface area contributed by atoms with Crippen LogP contribution in [0.15, 0.2) is 24.3 Å². The van der Waals surface area contributed by atoms with Gasteiger partial charge in [-0.25, -0.2) is 4.39 Å². The van der Waals surface area contributed by atoms with E-state index >= 15 is 0 Å². The highest BCUT2D eigenvalue weighted by molar-refractivity contribution is 5.94. The van der Waals surface area contributed by atoms with Crippen molar-refractivity contribution in [2.45, 2.75) is 38.6 Å². The van der Waals surface area contributed by atoms with E-state index in [0.717, 1.165) is 19.3 Å². The molecule has 1 aromatic rings. The lowest BCUT2D eigenvalue weighted by Gasteiger charge is -2.27. The quantitative estimate of drug-likeness (QED) is 0.838. The van der Waals surface area contributed by atoms with Gasteiger partial charge >= 0.3 is 0 Å². The molecule has 0 radical (unpaired) electrons. The Morgan fingerprint density at radius 1 is 1.35 bits per heavy atom. The van der Waals surface area contributed by atoms with E-state index in [1.807, 2.05) is 0 Å². The molecule has 3 heteroatoms. The molecule has 92 valence electrons. The molecule has 0 saturated heterocycles. The van der Waals surface area contributed by atoms with Crippen molar-refractivity contribution >= 4 is 5.91 Å². The van der Waals surface area contributed by atoms with Crippen LogP contribution in [0.3, 0.4) is 0 Å². The number of carbonyl (C=O) groups excluding carboxylic acids is 1. The molecular weight excluding hydrogens is 217 g/mol. The maximum atomic E-state index is 13.4. The second-order valence-electron chi connectivity index (χ2n) is 4.92. The first-order chi connectivity index (χ1) is 8.16. The van der Waals surface area contributed by atoms with Gasteiger partial charge < -0.3 is 5.32 Å². The molecule has 1 aliphatic carbocycles. The monoisotopic (exact) mass is 235 g/mol. The topological polar surface area (TPSA) is 29.1 Å². The van der Waals surface area contributed by atoms with Crippen molar-refractivity contribution in [3.05, 3.63) is 35.6 Å². The minimum atomic E-state index is -0.450. The molecule has 17 heavy (non-hydrogen) atoms. The first-order valence-corrected chi connectivity index (χ1v) is 6.22. The van der Waals surface area contributed by atoms with Crippen LogP contribution in [0.25, 0.3) is 0 Å². The fourth-order valence-electron chi connectivity index (χ4n) is 2.47. The van der Waals surface area contributed by atoms with E-state index in [4.69, 9.17) is 0 Å². The van der Waals surface area contributed by atoms with E-state index in [2.05, 4.69) is 12.2 Å². The average Bonchev–Trinajstić information content (AvgIpc) is 2.29. The third-order valence-corrected chi connectivity index (χ3v) is 3.39. The van der Waals surface area contributed by atoms with Gasteiger partial charge in [-0.1, -0.05) is 31.9 Å². The Morgan fingerprint density at radius 2 is 2.12 bits per heavy atom. The highest BCUT2D eigenvalue weighted by Gasteiger charge is 2.21. The number of hydrogen-bond donors (Lipinski definition) is 1. The van der Waals surface area contributed by atoms with E-state index in [1.165, 1.54) is 18.6 Å². The van der Waals surface area contributed by atoms with Gasteiger partial charge in [0.25, 0.3) is 5.91 Å². The zero-order valence-electron chi connectivity index (χ0n) is 10.1. The summed E-state index contributed by atoms with van der Waals surface area (Å²) in [6.07, 6.45) is 4.38. The van der Waals surface area contributed by atoms with Crippen molar-refractivity contribution in [3.8, 4) is 0 Å². The molecule has 0 heterocycles. The van der Waals surface area contributed by atoms with Crippen molar-refractivity contribution in [3.63, 3.8) is 0 Å². The van der Waals surface area contributed by atoms with Crippen LogP contribution in [0.4, 0.5) is 4.39 Å². The standard InChI is InChI=1S/C14H18FNO/c1-10-5-4-6-11(9-10)16-14(17)12-7-2-3-8-13(12)15/h2-3,7-8,10-11H,4-6,9H2,1H3,(H,16,17)/t10-,11+/m0/s1. The summed E-state index contributed by atoms with van der Waals surface area (Å²) in [6.45, 7) is 2.20. The fourth-order valence-corrected chi connectivity index (χ4v) is 2.47. The first kappa shape index (κ1) is 12.1. The summed E-state index contributed by atoms with van der Waals surface area (Å²) < 4.78 is 13.4. The number of nitrogens with one attached hydrogen (secondary N) is 1. The minimum Gasteiger partial charge on any atom is -0.349 e. The van der Waals surface area contributed by atoms with Crippen molar-refractivity contribution in [1.29, 1.82) is 0 Å². The summed E-state index contributed by atoms with van der Waals surface area (Å²) in [7, 11) is 0. The normalized spacial score (nSPS) is 24.4. The molecular formula is C14H18FNO. The Bertz CT molecular complexity index is 405. The third-order valence-electron chi connectivity index (χ3n) is 3.39. The average molecular weight is 235 g/mol. The van der Waals surface area contributed by atoms with Gasteiger partial charge in [0.05, 0.1) is 5.56 Å². The molecule has 0 bridgehead atoms. The lowest BCUT2D eigenvalue weighted by molar-refractivity contribution is 0.0917. The van der Waals surface area contributed by atoms with E-state index < -0.39 is 5.82 Å². The number of carbonyl (C=O) groups is 1. The second-order valence-corrected chi connectivity index (χ2v) is 4.92. The zero-order valence-corrected chi connectivity index (χ0v) is 10.1.